The van der Waals surface area contributed by atoms with Gasteiger partial charge in [0, 0.05) is 6.04 Å². The summed E-state index contributed by atoms with van der Waals surface area (Å²) in [6.45, 7) is 4.69. The molecule has 4 heteroatoms. The van der Waals surface area contributed by atoms with Crippen LogP contribution in [0.15, 0.2) is 0 Å². The van der Waals surface area contributed by atoms with Gasteiger partial charge in [-0.2, -0.15) is 0 Å². The van der Waals surface area contributed by atoms with E-state index < -0.39 is 0 Å². The van der Waals surface area contributed by atoms with Crippen LogP contribution in [0, 0.1) is 5.92 Å². The predicted molar refractivity (Wildman–Crippen MR) is 57.4 cm³/mol. The largest absolute Gasteiger partial charge is 0.463 e. The molecule has 0 aromatic rings. The Morgan fingerprint density at radius 1 is 1.40 bits per heavy atom. The van der Waals surface area contributed by atoms with Gasteiger partial charge in [-0.05, 0) is 32.6 Å². The van der Waals surface area contributed by atoms with Gasteiger partial charge in [-0.15, -0.1) is 0 Å². The van der Waals surface area contributed by atoms with E-state index in [2.05, 4.69) is 0 Å². The molecule has 1 aliphatic rings. The Labute approximate surface area is 91.1 Å². The smallest absolute Gasteiger partial charge is 0.307 e. The summed E-state index contributed by atoms with van der Waals surface area (Å²) in [5.74, 6) is 0.339. The fourth-order valence-corrected chi connectivity index (χ4v) is 1.38. The van der Waals surface area contributed by atoms with Crippen LogP contribution in [0.1, 0.15) is 33.1 Å². The quantitative estimate of drug-likeness (QED) is 0.510. The highest BCUT2D eigenvalue weighted by atomic mass is 16.6. The highest BCUT2D eigenvalue weighted by Gasteiger charge is 2.30. The zero-order valence-electron chi connectivity index (χ0n) is 9.57. The monoisotopic (exact) mass is 215 g/mol. The summed E-state index contributed by atoms with van der Waals surface area (Å²) in [5, 5.41) is 0. The lowest BCUT2D eigenvalue weighted by atomic mass is 10.1. The maximum absolute atomic E-state index is 11.3. The molecule has 0 aromatic heterocycles. The Kier molecular flexibility index (Phi) is 5.05. The molecular weight excluding hydrogens is 194 g/mol. The van der Waals surface area contributed by atoms with E-state index in [4.69, 9.17) is 15.2 Å². The molecule has 2 N–H and O–H groups in total. The summed E-state index contributed by atoms with van der Waals surface area (Å²) in [7, 11) is 0. The lowest BCUT2D eigenvalue weighted by Crippen LogP contribution is -2.27. The van der Waals surface area contributed by atoms with E-state index in [1.165, 1.54) is 0 Å². The number of hydrogen-bond donors (Lipinski definition) is 1. The van der Waals surface area contributed by atoms with Gasteiger partial charge in [-0.25, -0.2) is 0 Å². The van der Waals surface area contributed by atoms with Crippen LogP contribution >= 0.6 is 0 Å². The van der Waals surface area contributed by atoms with Crippen molar-refractivity contribution in [2.45, 2.75) is 45.3 Å². The molecule has 0 saturated heterocycles. The van der Waals surface area contributed by atoms with Crippen LogP contribution < -0.4 is 5.73 Å². The standard InChI is InChI=1S/C11H21NO3/c1-8(2)14-5-6-15-11(13)7-10(12)9-3-4-9/h8-10H,3-7,12H2,1-2H3. The van der Waals surface area contributed by atoms with Crippen molar-refractivity contribution >= 4 is 5.97 Å². The lowest BCUT2D eigenvalue weighted by molar-refractivity contribution is -0.146. The first-order valence-corrected chi connectivity index (χ1v) is 5.62. The summed E-state index contributed by atoms with van der Waals surface area (Å²) in [4.78, 5) is 11.3. The predicted octanol–water partition coefficient (Wildman–Crippen LogP) is 1.08. The second-order valence-electron chi connectivity index (χ2n) is 4.35. The second-order valence-corrected chi connectivity index (χ2v) is 4.35. The van der Waals surface area contributed by atoms with E-state index in [1.807, 2.05) is 13.8 Å². The maximum Gasteiger partial charge on any atom is 0.307 e. The third-order valence-electron chi connectivity index (χ3n) is 2.43. The first kappa shape index (κ1) is 12.5. The molecule has 0 aromatic carbocycles. The average molecular weight is 215 g/mol. The van der Waals surface area contributed by atoms with Crippen molar-refractivity contribution in [2.75, 3.05) is 13.2 Å². The van der Waals surface area contributed by atoms with Crippen LogP contribution in [0.4, 0.5) is 0 Å². The molecule has 1 saturated carbocycles. The average Bonchev–Trinajstić information content (AvgIpc) is 2.94. The van der Waals surface area contributed by atoms with E-state index in [1.54, 1.807) is 0 Å². The second kappa shape index (κ2) is 6.08. The fourth-order valence-electron chi connectivity index (χ4n) is 1.38. The van der Waals surface area contributed by atoms with Crippen molar-refractivity contribution in [3.8, 4) is 0 Å². The van der Waals surface area contributed by atoms with Crippen molar-refractivity contribution in [3.63, 3.8) is 0 Å². The molecule has 1 rings (SSSR count). The minimum absolute atomic E-state index is 0.0106. The van der Waals surface area contributed by atoms with E-state index in [-0.39, 0.29) is 18.1 Å². The Morgan fingerprint density at radius 3 is 2.60 bits per heavy atom. The highest BCUT2D eigenvalue weighted by Crippen LogP contribution is 2.32. The van der Waals surface area contributed by atoms with Crippen LogP contribution in [0.3, 0.4) is 0 Å². The number of hydrogen-bond acceptors (Lipinski definition) is 4. The molecule has 4 nitrogen and oxygen atoms in total. The molecule has 0 bridgehead atoms. The van der Waals surface area contributed by atoms with Crippen LogP contribution in [0.5, 0.6) is 0 Å². The zero-order chi connectivity index (χ0) is 11.3. The van der Waals surface area contributed by atoms with E-state index in [0.717, 1.165) is 12.8 Å². The van der Waals surface area contributed by atoms with Gasteiger partial charge < -0.3 is 15.2 Å². The van der Waals surface area contributed by atoms with Crippen molar-refractivity contribution in [2.24, 2.45) is 11.7 Å². The summed E-state index contributed by atoms with van der Waals surface area (Å²) in [6.07, 6.45) is 2.83. The van der Waals surface area contributed by atoms with Gasteiger partial charge in [0.1, 0.15) is 6.61 Å². The molecule has 0 heterocycles. The van der Waals surface area contributed by atoms with Crippen LogP contribution in [-0.4, -0.2) is 31.3 Å². The van der Waals surface area contributed by atoms with E-state index >= 15 is 0 Å². The molecule has 1 unspecified atom stereocenters. The number of esters is 1. The van der Waals surface area contributed by atoms with Crippen LogP contribution in [0.25, 0.3) is 0 Å². The lowest BCUT2D eigenvalue weighted by Gasteiger charge is -2.11. The molecule has 1 atom stereocenters. The number of carbonyl (C=O) groups excluding carboxylic acids is 1. The topological polar surface area (TPSA) is 61.5 Å². The van der Waals surface area contributed by atoms with Gasteiger partial charge >= 0.3 is 5.97 Å². The summed E-state index contributed by atoms with van der Waals surface area (Å²) in [5.41, 5.74) is 5.80. The molecule has 0 spiro atoms. The third-order valence-corrected chi connectivity index (χ3v) is 2.43. The van der Waals surface area contributed by atoms with Gasteiger partial charge in [0.2, 0.25) is 0 Å². The Morgan fingerprint density at radius 2 is 2.07 bits per heavy atom. The number of rotatable bonds is 7. The minimum Gasteiger partial charge on any atom is -0.463 e. The molecule has 0 radical (unpaired) electrons. The van der Waals surface area contributed by atoms with Gasteiger partial charge in [-0.1, -0.05) is 0 Å². The summed E-state index contributed by atoms with van der Waals surface area (Å²) >= 11 is 0. The summed E-state index contributed by atoms with van der Waals surface area (Å²) < 4.78 is 10.2. The Hall–Kier alpha value is -0.610. The van der Waals surface area contributed by atoms with Crippen molar-refractivity contribution in [1.29, 1.82) is 0 Å². The van der Waals surface area contributed by atoms with Gasteiger partial charge in [0.15, 0.2) is 0 Å². The Bertz CT molecular complexity index is 202. The Balaban J connectivity index is 1.97. The van der Waals surface area contributed by atoms with Gasteiger partial charge in [0.05, 0.1) is 19.1 Å². The van der Waals surface area contributed by atoms with Crippen LogP contribution in [0.2, 0.25) is 0 Å². The molecule has 0 amide bonds. The molecule has 88 valence electrons. The van der Waals surface area contributed by atoms with Gasteiger partial charge in [-0.3, -0.25) is 4.79 Å². The normalized spacial score (nSPS) is 17.9. The fraction of sp³-hybridized carbons (Fsp3) is 0.909. The molecule has 15 heavy (non-hydrogen) atoms. The number of ether oxygens (including phenoxy) is 2. The van der Waals surface area contributed by atoms with Gasteiger partial charge in [0.25, 0.3) is 0 Å². The molecular formula is C11H21NO3. The first-order valence-electron chi connectivity index (χ1n) is 5.62. The van der Waals surface area contributed by atoms with Crippen molar-refractivity contribution in [3.05, 3.63) is 0 Å². The first-order chi connectivity index (χ1) is 7.09. The maximum atomic E-state index is 11.3. The highest BCUT2D eigenvalue weighted by molar-refractivity contribution is 5.70. The summed E-state index contributed by atoms with van der Waals surface area (Å²) in [6, 6.07) is -0.0106. The third kappa shape index (κ3) is 5.74. The van der Waals surface area contributed by atoms with E-state index in [9.17, 15) is 4.79 Å². The van der Waals surface area contributed by atoms with E-state index in [0.29, 0.717) is 25.6 Å². The zero-order valence-corrected chi connectivity index (χ0v) is 9.57. The number of carbonyl (C=O) groups is 1. The van der Waals surface area contributed by atoms with Crippen molar-refractivity contribution in [1.82, 2.24) is 0 Å². The van der Waals surface area contributed by atoms with Crippen molar-refractivity contribution < 1.29 is 14.3 Å². The number of nitrogens with two attached hydrogens (primary N) is 1. The minimum atomic E-state index is -0.207. The molecule has 0 aliphatic heterocycles. The molecule has 1 aliphatic carbocycles. The van der Waals surface area contributed by atoms with Crippen LogP contribution in [-0.2, 0) is 14.3 Å². The molecule has 1 fully saturated rings. The SMILES string of the molecule is CC(C)OCCOC(=O)CC(N)C1CC1.